The standard InChI is InChI=1S/C29H24ClN3O4S2/c1-19(20-9-3-2-4-10-20)31-28(34)23-12-6-8-14-25(23)32-39(36,37)22-15-16-26-27(17-22)38-29(35)33(26)18-21-11-5-7-13-24(21)30/h2-17,19,32H,18H2,1H3,(H,31,34)/t19-/m1/s1. The van der Waals surface area contributed by atoms with Crippen molar-refractivity contribution in [2.24, 2.45) is 0 Å². The summed E-state index contributed by atoms with van der Waals surface area (Å²) in [4.78, 5) is 25.6. The van der Waals surface area contributed by atoms with Crippen LogP contribution in [0.4, 0.5) is 5.69 Å². The fourth-order valence-corrected chi connectivity index (χ4v) is 6.54. The van der Waals surface area contributed by atoms with Crippen molar-refractivity contribution >= 4 is 54.8 Å². The Morgan fingerprint density at radius 1 is 0.949 bits per heavy atom. The third-order valence-electron chi connectivity index (χ3n) is 6.30. The molecule has 2 N–H and O–H groups in total. The number of nitrogens with one attached hydrogen (secondary N) is 2. The van der Waals surface area contributed by atoms with Gasteiger partial charge in [-0.05, 0) is 54.4 Å². The van der Waals surface area contributed by atoms with Crippen LogP contribution in [-0.4, -0.2) is 18.9 Å². The summed E-state index contributed by atoms with van der Waals surface area (Å²) >= 11 is 7.23. The molecule has 1 amide bonds. The van der Waals surface area contributed by atoms with E-state index >= 15 is 0 Å². The van der Waals surface area contributed by atoms with Crippen molar-refractivity contribution in [1.82, 2.24) is 9.88 Å². The maximum atomic E-state index is 13.4. The molecule has 0 spiro atoms. The highest BCUT2D eigenvalue weighted by Crippen LogP contribution is 2.26. The third-order valence-corrected chi connectivity index (χ3v) is 8.97. The minimum atomic E-state index is -4.07. The van der Waals surface area contributed by atoms with Crippen molar-refractivity contribution in [3.8, 4) is 0 Å². The molecule has 1 aromatic heterocycles. The minimum Gasteiger partial charge on any atom is -0.345 e. The van der Waals surface area contributed by atoms with Crippen LogP contribution < -0.4 is 14.9 Å². The van der Waals surface area contributed by atoms with Gasteiger partial charge in [-0.3, -0.25) is 18.9 Å². The van der Waals surface area contributed by atoms with Crippen LogP contribution in [0.15, 0.2) is 107 Å². The number of nitrogens with zero attached hydrogens (tertiary/aromatic N) is 1. The Hall–Kier alpha value is -3.92. The van der Waals surface area contributed by atoms with Crippen molar-refractivity contribution in [3.05, 3.63) is 128 Å². The monoisotopic (exact) mass is 577 g/mol. The topological polar surface area (TPSA) is 97.3 Å². The lowest BCUT2D eigenvalue weighted by Gasteiger charge is -2.17. The van der Waals surface area contributed by atoms with Gasteiger partial charge in [-0.2, -0.15) is 0 Å². The number of carbonyl (C=O) groups is 1. The molecule has 0 unspecified atom stereocenters. The predicted octanol–water partition coefficient (Wildman–Crippen LogP) is 6.06. The van der Waals surface area contributed by atoms with Crippen LogP contribution in [0.1, 0.15) is 34.5 Å². The highest BCUT2D eigenvalue weighted by atomic mass is 35.5. The first-order chi connectivity index (χ1) is 18.7. The number of hydrogen-bond donors (Lipinski definition) is 2. The quantitative estimate of drug-likeness (QED) is 0.234. The summed E-state index contributed by atoms with van der Waals surface area (Å²) in [5.74, 6) is -0.407. The summed E-state index contributed by atoms with van der Waals surface area (Å²) < 4.78 is 31.3. The zero-order valence-electron chi connectivity index (χ0n) is 20.8. The van der Waals surface area contributed by atoms with E-state index in [1.54, 1.807) is 34.9 Å². The number of benzene rings is 4. The number of halogens is 1. The van der Waals surface area contributed by atoms with Crippen LogP contribution in [0.25, 0.3) is 10.2 Å². The lowest BCUT2D eigenvalue weighted by atomic mass is 10.1. The van der Waals surface area contributed by atoms with E-state index in [1.807, 2.05) is 55.5 Å². The van der Waals surface area contributed by atoms with Gasteiger partial charge in [0.1, 0.15) is 0 Å². The van der Waals surface area contributed by atoms with Gasteiger partial charge in [-0.25, -0.2) is 8.42 Å². The zero-order chi connectivity index (χ0) is 27.6. The Morgan fingerprint density at radius 3 is 2.41 bits per heavy atom. The number of fused-ring (bicyclic) bond motifs is 1. The van der Waals surface area contributed by atoms with Crippen LogP contribution in [0.3, 0.4) is 0 Å². The van der Waals surface area contributed by atoms with Crippen molar-refractivity contribution in [2.45, 2.75) is 24.4 Å². The number of sulfonamides is 1. The number of carbonyl (C=O) groups excluding carboxylic acids is 1. The molecule has 1 heterocycles. The number of rotatable bonds is 8. The second-order valence-corrected chi connectivity index (χ2v) is 12.0. The zero-order valence-corrected chi connectivity index (χ0v) is 23.2. The highest BCUT2D eigenvalue weighted by Gasteiger charge is 2.21. The van der Waals surface area contributed by atoms with E-state index in [4.69, 9.17) is 11.6 Å². The number of anilines is 1. The summed E-state index contributed by atoms with van der Waals surface area (Å²) in [5, 5.41) is 3.47. The molecular formula is C29H24ClN3O4S2. The van der Waals surface area contributed by atoms with E-state index in [9.17, 15) is 18.0 Å². The van der Waals surface area contributed by atoms with Gasteiger partial charge in [0, 0.05) is 5.02 Å². The maximum absolute atomic E-state index is 13.4. The molecule has 39 heavy (non-hydrogen) atoms. The molecule has 1 atom stereocenters. The predicted molar refractivity (Wildman–Crippen MR) is 156 cm³/mol. The average Bonchev–Trinajstić information content (AvgIpc) is 3.24. The molecule has 5 rings (SSSR count). The Labute approximate surface area is 234 Å². The van der Waals surface area contributed by atoms with Gasteiger partial charge in [0.2, 0.25) is 0 Å². The Kier molecular flexibility index (Phi) is 7.56. The number of thiazole rings is 1. The van der Waals surface area contributed by atoms with Crippen molar-refractivity contribution in [1.29, 1.82) is 0 Å². The van der Waals surface area contributed by atoms with Crippen LogP contribution >= 0.6 is 22.9 Å². The SMILES string of the molecule is C[C@@H](NC(=O)c1ccccc1NS(=O)(=O)c1ccc2c(c1)sc(=O)n2Cc1ccccc1Cl)c1ccccc1. The number of para-hydroxylation sites is 1. The molecule has 0 saturated carbocycles. The first kappa shape index (κ1) is 26.7. The molecule has 0 fully saturated rings. The molecule has 10 heteroatoms. The molecule has 4 aromatic carbocycles. The Morgan fingerprint density at radius 2 is 1.64 bits per heavy atom. The molecule has 0 saturated heterocycles. The lowest BCUT2D eigenvalue weighted by molar-refractivity contribution is 0.0941. The molecule has 0 aliphatic rings. The largest absolute Gasteiger partial charge is 0.345 e. The summed E-state index contributed by atoms with van der Waals surface area (Å²) in [6, 6.07) is 27.4. The van der Waals surface area contributed by atoms with E-state index in [0.29, 0.717) is 15.2 Å². The van der Waals surface area contributed by atoms with Crippen LogP contribution in [-0.2, 0) is 16.6 Å². The van der Waals surface area contributed by atoms with Crippen LogP contribution in [0.2, 0.25) is 5.02 Å². The van der Waals surface area contributed by atoms with Crippen LogP contribution in [0.5, 0.6) is 0 Å². The first-order valence-electron chi connectivity index (χ1n) is 12.1. The van der Waals surface area contributed by atoms with Crippen molar-refractivity contribution in [3.63, 3.8) is 0 Å². The van der Waals surface area contributed by atoms with Crippen LogP contribution in [0, 0.1) is 0 Å². The number of aromatic nitrogens is 1. The summed E-state index contributed by atoms with van der Waals surface area (Å²) in [7, 11) is -4.07. The maximum Gasteiger partial charge on any atom is 0.308 e. The first-order valence-corrected chi connectivity index (χ1v) is 14.7. The molecule has 7 nitrogen and oxygen atoms in total. The van der Waals surface area contributed by atoms with Crippen molar-refractivity contribution < 1.29 is 13.2 Å². The summed E-state index contributed by atoms with van der Waals surface area (Å²) in [6.07, 6.45) is 0. The normalized spacial score (nSPS) is 12.3. The van der Waals surface area contributed by atoms with Gasteiger partial charge in [-0.1, -0.05) is 83.6 Å². The average molecular weight is 578 g/mol. The fraction of sp³-hybridized carbons (Fsp3) is 0.103. The van der Waals surface area contributed by atoms with Gasteiger partial charge in [-0.15, -0.1) is 0 Å². The van der Waals surface area contributed by atoms with Crippen molar-refractivity contribution in [2.75, 3.05) is 4.72 Å². The number of amides is 1. The van der Waals surface area contributed by atoms with E-state index in [-0.39, 0.29) is 33.6 Å². The molecule has 0 aliphatic carbocycles. The second-order valence-electron chi connectivity index (χ2n) is 8.93. The lowest BCUT2D eigenvalue weighted by Crippen LogP contribution is -2.28. The van der Waals surface area contributed by atoms with E-state index < -0.39 is 15.9 Å². The van der Waals surface area contributed by atoms with Gasteiger partial charge >= 0.3 is 4.87 Å². The fourth-order valence-electron chi connectivity index (χ4n) is 4.23. The smallest absolute Gasteiger partial charge is 0.308 e. The summed E-state index contributed by atoms with van der Waals surface area (Å²) in [5.41, 5.74) is 2.67. The van der Waals surface area contributed by atoms with Gasteiger partial charge < -0.3 is 5.32 Å². The highest BCUT2D eigenvalue weighted by molar-refractivity contribution is 7.92. The number of hydrogen-bond acceptors (Lipinski definition) is 5. The summed E-state index contributed by atoms with van der Waals surface area (Å²) in [6.45, 7) is 2.13. The second kappa shape index (κ2) is 11.1. The van der Waals surface area contributed by atoms with Gasteiger partial charge in [0.25, 0.3) is 15.9 Å². The molecule has 0 aliphatic heterocycles. The van der Waals surface area contributed by atoms with Gasteiger partial charge in [0.15, 0.2) is 0 Å². The minimum absolute atomic E-state index is 0.0194. The van der Waals surface area contributed by atoms with E-state index in [1.165, 1.54) is 18.2 Å². The van der Waals surface area contributed by atoms with Gasteiger partial charge in [0.05, 0.1) is 38.9 Å². The van der Waals surface area contributed by atoms with E-state index in [0.717, 1.165) is 22.5 Å². The Bertz CT molecular complexity index is 1830. The molecule has 5 aromatic rings. The molecular weight excluding hydrogens is 554 g/mol. The third kappa shape index (κ3) is 5.75. The Balaban J connectivity index is 1.40. The molecule has 0 radical (unpaired) electrons. The molecule has 0 bridgehead atoms. The van der Waals surface area contributed by atoms with E-state index in [2.05, 4.69) is 10.0 Å². The molecule has 198 valence electrons.